The molecule has 0 aliphatic heterocycles. The highest BCUT2D eigenvalue weighted by Crippen LogP contribution is 2.23. The van der Waals surface area contributed by atoms with Crippen molar-refractivity contribution in [1.82, 2.24) is 4.98 Å². The van der Waals surface area contributed by atoms with Crippen molar-refractivity contribution in [3.8, 4) is 5.88 Å². The molecule has 0 saturated heterocycles. The van der Waals surface area contributed by atoms with Gasteiger partial charge in [0, 0.05) is 6.20 Å². The molecule has 0 saturated carbocycles. The van der Waals surface area contributed by atoms with Crippen LogP contribution in [-0.4, -0.2) is 10.6 Å². The first-order valence-corrected chi connectivity index (χ1v) is 4.82. The fourth-order valence-electron chi connectivity index (χ4n) is 0.811. The van der Waals surface area contributed by atoms with Crippen LogP contribution in [0.5, 0.6) is 5.88 Å². The van der Waals surface area contributed by atoms with E-state index in [1.807, 2.05) is 20.8 Å². The highest BCUT2D eigenvalue weighted by Gasteiger charge is 2.19. The van der Waals surface area contributed by atoms with Crippen LogP contribution in [0.1, 0.15) is 27.2 Å². The first-order valence-electron chi connectivity index (χ1n) is 4.44. The van der Waals surface area contributed by atoms with Gasteiger partial charge >= 0.3 is 0 Å². The van der Waals surface area contributed by atoms with Crippen molar-refractivity contribution >= 4 is 11.6 Å². The van der Waals surface area contributed by atoms with Gasteiger partial charge in [0.25, 0.3) is 5.88 Å². The molecule has 0 aromatic carbocycles. The van der Waals surface area contributed by atoms with Crippen LogP contribution in [0, 0.1) is 5.82 Å². The van der Waals surface area contributed by atoms with Crippen molar-refractivity contribution in [2.45, 2.75) is 32.8 Å². The van der Waals surface area contributed by atoms with Gasteiger partial charge in [-0.15, -0.1) is 0 Å². The van der Waals surface area contributed by atoms with Gasteiger partial charge < -0.3 is 4.74 Å². The number of hydrogen-bond acceptors (Lipinski definition) is 2. The molecule has 0 aliphatic rings. The molecule has 0 atom stereocenters. The number of halogens is 2. The van der Waals surface area contributed by atoms with E-state index in [0.717, 1.165) is 6.42 Å². The second kappa shape index (κ2) is 4.13. The molecule has 0 spiro atoms. The van der Waals surface area contributed by atoms with Crippen LogP contribution in [0.25, 0.3) is 0 Å². The Labute approximate surface area is 88.1 Å². The summed E-state index contributed by atoms with van der Waals surface area (Å²) in [5, 5.41) is 0.268. The number of rotatable bonds is 3. The number of nitrogens with zero attached hydrogens (tertiary/aromatic N) is 1. The van der Waals surface area contributed by atoms with Crippen molar-refractivity contribution in [2.75, 3.05) is 0 Å². The smallest absolute Gasteiger partial charge is 0.250 e. The third-order valence-corrected chi connectivity index (χ3v) is 2.21. The van der Waals surface area contributed by atoms with E-state index in [4.69, 9.17) is 16.3 Å². The number of hydrogen-bond donors (Lipinski definition) is 0. The van der Waals surface area contributed by atoms with Crippen molar-refractivity contribution in [3.63, 3.8) is 0 Å². The number of ether oxygens (including phenoxy) is 1. The fourth-order valence-corrected chi connectivity index (χ4v) is 0.956. The van der Waals surface area contributed by atoms with Crippen molar-refractivity contribution in [1.29, 1.82) is 0 Å². The van der Waals surface area contributed by atoms with Crippen LogP contribution in [-0.2, 0) is 0 Å². The Hall–Kier alpha value is -0.830. The zero-order valence-electron chi connectivity index (χ0n) is 8.47. The first kappa shape index (κ1) is 11.2. The molecule has 1 aromatic rings. The molecule has 4 heteroatoms. The van der Waals surface area contributed by atoms with Gasteiger partial charge in [-0.05, 0) is 26.3 Å². The van der Waals surface area contributed by atoms with Crippen molar-refractivity contribution < 1.29 is 9.13 Å². The van der Waals surface area contributed by atoms with Crippen molar-refractivity contribution in [2.24, 2.45) is 0 Å². The molecule has 1 rings (SSSR count). The number of aromatic nitrogens is 1. The van der Waals surface area contributed by atoms with E-state index in [1.54, 1.807) is 0 Å². The highest BCUT2D eigenvalue weighted by atomic mass is 35.5. The van der Waals surface area contributed by atoms with Crippen LogP contribution < -0.4 is 4.74 Å². The molecule has 0 unspecified atom stereocenters. The maximum Gasteiger partial charge on any atom is 0.250 e. The maximum absolute atomic E-state index is 13.2. The molecule has 0 amide bonds. The Morgan fingerprint density at radius 1 is 1.57 bits per heavy atom. The lowest BCUT2D eigenvalue weighted by Gasteiger charge is -2.24. The molecule has 78 valence electrons. The second-order valence-corrected chi connectivity index (χ2v) is 4.09. The average Bonchev–Trinajstić information content (AvgIpc) is 2.10. The second-order valence-electron chi connectivity index (χ2n) is 3.66. The Morgan fingerprint density at radius 2 is 2.21 bits per heavy atom. The van der Waals surface area contributed by atoms with Gasteiger partial charge in [0.2, 0.25) is 0 Å². The van der Waals surface area contributed by atoms with Gasteiger partial charge in [-0.25, -0.2) is 9.37 Å². The van der Waals surface area contributed by atoms with Gasteiger partial charge in [-0.2, -0.15) is 0 Å². The molecule has 2 nitrogen and oxygen atoms in total. The monoisotopic (exact) mass is 217 g/mol. The largest absolute Gasteiger partial charge is 0.470 e. The molecule has 0 aliphatic carbocycles. The molecular formula is C10H13ClFNO. The first-order chi connectivity index (χ1) is 6.44. The Bertz CT molecular complexity index is 328. The third kappa shape index (κ3) is 2.84. The number of pyridine rings is 1. The Kier molecular flexibility index (Phi) is 3.32. The predicted molar refractivity (Wildman–Crippen MR) is 54.2 cm³/mol. The minimum Gasteiger partial charge on any atom is -0.470 e. The summed E-state index contributed by atoms with van der Waals surface area (Å²) in [5.74, 6) is -0.528. The minimum atomic E-state index is -0.529. The summed E-state index contributed by atoms with van der Waals surface area (Å²) in [6.45, 7) is 5.72. The summed E-state index contributed by atoms with van der Waals surface area (Å²) in [4.78, 5) is 3.78. The Balaban J connectivity index is 2.87. The molecule has 0 radical (unpaired) electrons. The van der Waals surface area contributed by atoms with E-state index in [9.17, 15) is 4.39 Å². The SMILES string of the molecule is CCC(C)(C)Oc1ncc(Cl)cc1F. The summed E-state index contributed by atoms with van der Waals surface area (Å²) in [6, 6.07) is 1.19. The summed E-state index contributed by atoms with van der Waals surface area (Å²) < 4.78 is 18.6. The van der Waals surface area contributed by atoms with Crippen LogP contribution in [0.3, 0.4) is 0 Å². The highest BCUT2D eigenvalue weighted by molar-refractivity contribution is 6.30. The quantitative estimate of drug-likeness (QED) is 0.774. The van der Waals surface area contributed by atoms with E-state index in [2.05, 4.69) is 4.98 Å². The Morgan fingerprint density at radius 3 is 2.71 bits per heavy atom. The molecule has 1 aromatic heterocycles. The molecule has 0 fully saturated rings. The summed E-state index contributed by atoms with van der Waals surface area (Å²) in [5.41, 5.74) is -0.415. The molecule has 0 N–H and O–H groups in total. The van der Waals surface area contributed by atoms with Crippen molar-refractivity contribution in [3.05, 3.63) is 23.1 Å². The molecule has 14 heavy (non-hydrogen) atoms. The van der Waals surface area contributed by atoms with Gasteiger partial charge in [0.15, 0.2) is 5.82 Å². The van der Waals surface area contributed by atoms with Gasteiger partial charge in [0.1, 0.15) is 5.60 Å². The topological polar surface area (TPSA) is 22.1 Å². The van der Waals surface area contributed by atoms with Crippen LogP contribution in [0.15, 0.2) is 12.3 Å². The lowest BCUT2D eigenvalue weighted by Crippen LogP contribution is -2.27. The summed E-state index contributed by atoms with van der Waals surface area (Å²) in [7, 11) is 0. The van der Waals surface area contributed by atoms with Crippen LogP contribution >= 0.6 is 11.6 Å². The van der Waals surface area contributed by atoms with Gasteiger partial charge in [-0.1, -0.05) is 18.5 Å². The van der Waals surface area contributed by atoms with E-state index < -0.39 is 11.4 Å². The van der Waals surface area contributed by atoms with Gasteiger partial charge in [0.05, 0.1) is 5.02 Å². The normalized spacial score (nSPS) is 11.5. The van der Waals surface area contributed by atoms with E-state index >= 15 is 0 Å². The van der Waals surface area contributed by atoms with Crippen LogP contribution in [0.4, 0.5) is 4.39 Å². The summed E-state index contributed by atoms with van der Waals surface area (Å²) >= 11 is 5.56. The third-order valence-electron chi connectivity index (χ3n) is 2.00. The lowest BCUT2D eigenvalue weighted by atomic mass is 10.1. The standard InChI is InChI=1S/C10H13ClFNO/c1-4-10(2,3)14-9-8(12)5-7(11)6-13-9/h5-6H,4H2,1-3H3. The molecule has 0 bridgehead atoms. The minimum absolute atomic E-state index is 0.00116. The zero-order chi connectivity index (χ0) is 10.8. The summed E-state index contributed by atoms with van der Waals surface area (Å²) in [6.07, 6.45) is 2.14. The van der Waals surface area contributed by atoms with E-state index in [1.165, 1.54) is 12.3 Å². The predicted octanol–water partition coefficient (Wildman–Crippen LogP) is 3.44. The maximum atomic E-state index is 13.2. The average molecular weight is 218 g/mol. The zero-order valence-corrected chi connectivity index (χ0v) is 9.23. The molecule has 1 heterocycles. The lowest BCUT2D eigenvalue weighted by molar-refractivity contribution is 0.0930. The van der Waals surface area contributed by atoms with E-state index in [-0.39, 0.29) is 10.9 Å². The van der Waals surface area contributed by atoms with Gasteiger partial charge in [-0.3, -0.25) is 0 Å². The molecular weight excluding hydrogens is 205 g/mol. The van der Waals surface area contributed by atoms with Crippen LogP contribution in [0.2, 0.25) is 5.02 Å². The van der Waals surface area contributed by atoms with E-state index in [0.29, 0.717) is 0 Å². The fraction of sp³-hybridized carbons (Fsp3) is 0.500.